The molecule has 1 aromatic heterocycles. The first kappa shape index (κ1) is 11.5. The minimum absolute atomic E-state index is 0.388. The fraction of sp³-hybridized carbons (Fsp3) is 0.818. The number of aryl methyl sites for hydroxylation is 1. The fourth-order valence-electron chi connectivity index (χ4n) is 2.07. The predicted molar refractivity (Wildman–Crippen MR) is 61.1 cm³/mol. The number of ether oxygens (including phenoxy) is 1. The van der Waals surface area contributed by atoms with E-state index in [1.807, 2.05) is 7.05 Å². The van der Waals surface area contributed by atoms with Crippen LogP contribution in [0.1, 0.15) is 25.6 Å². The minimum Gasteiger partial charge on any atom is -0.378 e. The molecule has 0 saturated carbocycles. The van der Waals surface area contributed by atoms with Crippen molar-refractivity contribution < 1.29 is 4.74 Å². The van der Waals surface area contributed by atoms with Crippen LogP contribution in [0.15, 0.2) is 6.33 Å². The largest absolute Gasteiger partial charge is 0.378 e. The number of rotatable bonds is 4. The van der Waals surface area contributed by atoms with Crippen LogP contribution in [-0.2, 0) is 18.2 Å². The van der Waals surface area contributed by atoms with Crippen molar-refractivity contribution in [3.05, 3.63) is 12.2 Å². The lowest BCUT2D eigenvalue weighted by Crippen LogP contribution is -2.38. The summed E-state index contributed by atoms with van der Waals surface area (Å²) in [5.41, 5.74) is 0. The number of hydrogen-bond acceptors (Lipinski definition) is 4. The molecule has 1 aliphatic heterocycles. The molecule has 5 heteroatoms. The molecule has 2 unspecified atom stereocenters. The molecule has 16 heavy (non-hydrogen) atoms. The van der Waals surface area contributed by atoms with Gasteiger partial charge in [0.25, 0.3) is 0 Å². The Kier molecular flexibility index (Phi) is 3.90. The molecule has 1 aliphatic rings. The lowest BCUT2D eigenvalue weighted by molar-refractivity contribution is 0.0135. The number of nitrogens with one attached hydrogen (secondary N) is 1. The maximum absolute atomic E-state index is 5.51. The molecule has 0 amide bonds. The molecule has 0 aliphatic carbocycles. The van der Waals surface area contributed by atoms with E-state index in [2.05, 4.69) is 22.3 Å². The third-order valence-corrected chi connectivity index (χ3v) is 2.91. The maximum Gasteiger partial charge on any atom is 0.151 e. The lowest BCUT2D eigenvalue weighted by atomic mass is 10.0. The van der Waals surface area contributed by atoms with Crippen molar-refractivity contribution in [3.63, 3.8) is 0 Å². The standard InChI is InChI=1S/C11H20N4O/c1-9-7-10(4-6-16-9)12-5-3-11-13-8-15(2)14-11/h8-10,12H,3-7H2,1-2H3. The Hall–Kier alpha value is -0.940. The molecule has 2 atom stereocenters. The highest BCUT2D eigenvalue weighted by Crippen LogP contribution is 2.12. The van der Waals surface area contributed by atoms with Crippen molar-refractivity contribution in [1.29, 1.82) is 0 Å². The molecule has 0 aromatic carbocycles. The summed E-state index contributed by atoms with van der Waals surface area (Å²) in [7, 11) is 1.89. The van der Waals surface area contributed by atoms with Gasteiger partial charge in [-0.25, -0.2) is 4.98 Å². The first-order chi connectivity index (χ1) is 7.74. The lowest BCUT2D eigenvalue weighted by Gasteiger charge is -2.27. The zero-order chi connectivity index (χ0) is 11.4. The Labute approximate surface area is 96.2 Å². The van der Waals surface area contributed by atoms with Crippen molar-refractivity contribution in [2.45, 2.75) is 38.3 Å². The molecule has 1 fully saturated rings. The van der Waals surface area contributed by atoms with Crippen LogP contribution in [-0.4, -0.2) is 40.1 Å². The summed E-state index contributed by atoms with van der Waals surface area (Å²) in [6, 6.07) is 0.590. The van der Waals surface area contributed by atoms with Crippen LogP contribution < -0.4 is 5.32 Å². The first-order valence-corrected chi connectivity index (χ1v) is 5.93. The van der Waals surface area contributed by atoms with E-state index >= 15 is 0 Å². The number of aromatic nitrogens is 3. The van der Waals surface area contributed by atoms with Gasteiger partial charge in [-0.05, 0) is 19.8 Å². The summed E-state index contributed by atoms with van der Waals surface area (Å²) in [6.07, 6.45) is 5.24. The molecule has 2 rings (SSSR count). The third-order valence-electron chi connectivity index (χ3n) is 2.91. The van der Waals surface area contributed by atoms with E-state index in [1.54, 1.807) is 11.0 Å². The summed E-state index contributed by atoms with van der Waals surface area (Å²) < 4.78 is 7.25. The summed E-state index contributed by atoms with van der Waals surface area (Å²) in [6.45, 7) is 3.95. The summed E-state index contributed by atoms with van der Waals surface area (Å²) in [5.74, 6) is 0.912. The van der Waals surface area contributed by atoms with E-state index < -0.39 is 0 Å². The Balaban J connectivity index is 1.67. The highest BCUT2D eigenvalue weighted by molar-refractivity contribution is 4.83. The van der Waals surface area contributed by atoms with Gasteiger partial charge in [-0.1, -0.05) is 0 Å². The van der Waals surface area contributed by atoms with E-state index in [9.17, 15) is 0 Å². The second-order valence-corrected chi connectivity index (χ2v) is 4.44. The van der Waals surface area contributed by atoms with Crippen molar-refractivity contribution in [1.82, 2.24) is 20.1 Å². The van der Waals surface area contributed by atoms with Crippen LogP contribution >= 0.6 is 0 Å². The van der Waals surface area contributed by atoms with Gasteiger partial charge in [-0.15, -0.1) is 0 Å². The van der Waals surface area contributed by atoms with Crippen molar-refractivity contribution >= 4 is 0 Å². The molecule has 1 aromatic rings. The molecule has 0 bridgehead atoms. The Morgan fingerprint density at radius 1 is 1.62 bits per heavy atom. The average molecular weight is 224 g/mol. The molecule has 0 radical (unpaired) electrons. The van der Waals surface area contributed by atoms with Gasteiger partial charge in [-0.3, -0.25) is 4.68 Å². The molecule has 0 spiro atoms. The van der Waals surface area contributed by atoms with Gasteiger partial charge in [0.15, 0.2) is 5.82 Å². The van der Waals surface area contributed by atoms with Crippen LogP contribution in [0.5, 0.6) is 0 Å². The highest BCUT2D eigenvalue weighted by atomic mass is 16.5. The molecule has 1 saturated heterocycles. The van der Waals surface area contributed by atoms with Gasteiger partial charge in [0, 0.05) is 32.7 Å². The zero-order valence-electron chi connectivity index (χ0n) is 10.0. The van der Waals surface area contributed by atoms with Gasteiger partial charge >= 0.3 is 0 Å². The quantitative estimate of drug-likeness (QED) is 0.810. The molecule has 1 N–H and O–H groups in total. The third kappa shape index (κ3) is 3.28. The van der Waals surface area contributed by atoms with Crippen LogP contribution in [0.3, 0.4) is 0 Å². The number of hydrogen-bond donors (Lipinski definition) is 1. The normalized spacial score (nSPS) is 25.9. The molecular formula is C11H20N4O. The maximum atomic E-state index is 5.51. The average Bonchev–Trinajstić information content (AvgIpc) is 2.64. The first-order valence-electron chi connectivity index (χ1n) is 5.93. The van der Waals surface area contributed by atoms with Crippen LogP contribution in [0.2, 0.25) is 0 Å². The molecule has 2 heterocycles. The van der Waals surface area contributed by atoms with Gasteiger partial charge < -0.3 is 10.1 Å². The van der Waals surface area contributed by atoms with Crippen LogP contribution in [0, 0.1) is 0 Å². The fourth-order valence-corrected chi connectivity index (χ4v) is 2.07. The predicted octanol–water partition coefficient (Wildman–Crippen LogP) is 0.515. The van der Waals surface area contributed by atoms with E-state index in [4.69, 9.17) is 4.74 Å². The summed E-state index contributed by atoms with van der Waals surface area (Å²) in [4.78, 5) is 4.20. The van der Waals surface area contributed by atoms with Gasteiger partial charge in [0.05, 0.1) is 6.10 Å². The number of nitrogens with zero attached hydrogens (tertiary/aromatic N) is 3. The van der Waals surface area contributed by atoms with Crippen molar-refractivity contribution in [3.8, 4) is 0 Å². The second-order valence-electron chi connectivity index (χ2n) is 4.44. The SMILES string of the molecule is CC1CC(NCCc2ncn(C)n2)CCO1. The summed E-state index contributed by atoms with van der Waals surface area (Å²) in [5, 5.41) is 7.79. The van der Waals surface area contributed by atoms with Crippen molar-refractivity contribution in [2.24, 2.45) is 7.05 Å². The van der Waals surface area contributed by atoms with E-state index in [0.29, 0.717) is 12.1 Å². The van der Waals surface area contributed by atoms with Gasteiger partial charge in [-0.2, -0.15) is 5.10 Å². The minimum atomic E-state index is 0.388. The van der Waals surface area contributed by atoms with Gasteiger partial charge in [0.2, 0.25) is 0 Å². The second kappa shape index (κ2) is 5.41. The zero-order valence-corrected chi connectivity index (χ0v) is 10.0. The Morgan fingerprint density at radius 3 is 3.19 bits per heavy atom. The topological polar surface area (TPSA) is 52.0 Å². The Bertz CT molecular complexity index is 326. The van der Waals surface area contributed by atoms with Crippen molar-refractivity contribution in [2.75, 3.05) is 13.2 Å². The monoisotopic (exact) mass is 224 g/mol. The highest BCUT2D eigenvalue weighted by Gasteiger charge is 2.18. The van der Waals surface area contributed by atoms with E-state index in [0.717, 1.165) is 38.2 Å². The van der Waals surface area contributed by atoms with E-state index in [1.165, 1.54) is 0 Å². The van der Waals surface area contributed by atoms with Gasteiger partial charge in [0.1, 0.15) is 6.33 Å². The molecular weight excluding hydrogens is 204 g/mol. The molecule has 5 nitrogen and oxygen atoms in total. The Morgan fingerprint density at radius 2 is 2.50 bits per heavy atom. The van der Waals surface area contributed by atoms with Crippen LogP contribution in [0.4, 0.5) is 0 Å². The van der Waals surface area contributed by atoms with Crippen LogP contribution in [0.25, 0.3) is 0 Å². The molecule has 90 valence electrons. The smallest absolute Gasteiger partial charge is 0.151 e. The summed E-state index contributed by atoms with van der Waals surface area (Å²) >= 11 is 0. The van der Waals surface area contributed by atoms with E-state index in [-0.39, 0.29) is 0 Å².